The Labute approximate surface area is 122 Å². The van der Waals surface area contributed by atoms with Gasteiger partial charge in [-0.15, -0.1) is 0 Å². The van der Waals surface area contributed by atoms with Gasteiger partial charge in [0.25, 0.3) is 0 Å². The molecule has 2 heterocycles. The van der Waals surface area contributed by atoms with E-state index in [2.05, 4.69) is 21.5 Å². The highest BCUT2D eigenvalue weighted by molar-refractivity contribution is 5.95. The molecular formula is C14H17N5O2. The van der Waals surface area contributed by atoms with Gasteiger partial charge in [-0.1, -0.05) is 0 Å². The maximum absolute atomic E-state index is 11.7. The normalized spacial score (nSPS) is 12.0. The monoisotopic (exact) mass is 287 g/mol. The summed E-state index contributed by atoms with van der Waals surface area (Å²) in [4.78, 5) is 16.0. The molecule has 0 saturated heterocycles. The number of ether oxygens (including phenoxy) is 1. The first-order valence-corrected chi connectivity index (χ1v) is 6.75. The third-order valence-corrected chi connectivity index (χ3v) is 2.91. The molecule has 2 rings (SSSR count). The number of nitriles is 1. The van der Waals surface area contributed by atoms with Crippen molar-refractivity contribution in [2.45, 2.75) is 20.4 Å². The van der Waals surface area contributed by atoms with E-state index in [1.165, 1.54) is 6.20 Å². The fraction of sp³-hybridized carbons (Fsp3) is 0.429. The number of hydrogen-bond acceptors (Lipinski definition) is 6. The predicted octanol–water partition coefficient (Wildman–Crippen LogP) is 1.16. The zero-order valence-electron chi connectivity index (χ0n) is 12.0. The molecule has 2 aromatic rings. The van der Waals surface area contributed by atoms with Crippen LogP contribution in [0, 0.1) is 17.2 Å². The molecule has 0 aromatic carbocycles. The summed E-state index contributed by atoms with van der Waals surface area (Å²) < 4.78 is 6.51. The van der Waals surface area contributed by atoms with Crippen LogP contribution in [0.5, 0.6) is 0 Å². The van der Waals surface area contributed by atoms with E-state index in [4.69, 9.17) is 10.00 Å². The van der Waals surface area contributed by atoms with Crippen molar-refractivity contribution in [2.24, 2.45) is 5.92 Å². The molecule has 0 saturated carbocycles. The summed E-state index contributed by atoms with van der Waals surface area (Å²) in [5.74, 6) is -0.462. The van der Waals surface area contributed by atoms with E-state index >= 15 is 0 Å². The molecule has 110 valence electrons. The Balaban J connectivity index is 2.09. The summed E-state index contributed by atoms with van der Waals surface area (Å²) in [6.07, 6.45) is 4.94. The highest BCUT2D eigenvalue weighted by Gasteiger charge is 2.14. The van der Waals surface area contributed by atoms with E-state index in [1.807, 2.05) is 6.92 Å². The van der Waals surface area contributed by atoms with E-state index < -0.39 is 5.97 Å². The van der Waals surface area contributed by atoms with Crippen molar-refractivity contribution < 1.29 is 9.53 Å². The Bertz CT molecular complexity index is 674. The van der Waals surface area contributed by atoms with Crippen molar-refractivity contribution >= 4 is 11.6 Å². The van der Waals surface area contributed by atoms with Crippen LogP contribution >= 0.6 is 0 Å². The van der Waals surface area contributed by atoms with Crippen molar-refractivity contribution in [1.82, 2.24) is 19.9 Å². The minimum atomic E-state index is -0.422. The molecule has 2 aromatic heterocycles. The fourth-order valence-corrected chi connectivity index (χ4v) is 1.84. The van der Waals surface area contributed by atoms with Gasteiger partial charge in [0, 0.05) is 31.0 Å². The molecule has 1 N–H and O–H groups in total. The number of aromatic nitrogens is 3. The van der Waals surface area contributed by atoms with Crippen LogP contribution in [-0.4, -0.2) is 33.7 Å². The number of carbonyl (C=O) groups is 1. The van der Waals surface area contributed by atoms with Crippen LogP contribution < -0.4 is 5.32 Å². The van der Waals surface area contributed by atoms with Gasteiger partial charge in [0.1, 0.15) is 5.56 Å². The maximum Gasteiger partial charge on any atom is 0.343 e. The number of fused-ring (bicyclic) bond motifs is 1. The third kappa shape index (κ3) is 3.55. The number of nitrogens with one attached hydrogen (secondary N) is 1. The standard InChI is InChI=1S/C14H17N5O2/c1-3-21-14(20)12-8-18-19-9-11(7-17-13(12)19)6-16-5-10(2)4-15/h7-10,16H,3,5-6H2,1-2H3. The molecule has 0 bridgehead atoms. The summed E-state index contributed by atoms with van der Waals surface area (Å²) in [7, 11) is 0. The summed E-state index contributed by atoms with van der Waals surface area (Å²) in [6, 6.07) is 2.16. The highest BCUT2D eigenvalue weighted by atomic mass is 16.5. The van der Waals surface area contributed by atoms with Gasteiger partial charge in [-0.05, 0) is 13.8 Å². The molecule has 0 radical (unpaired) electrons. The van der Waals surface area contributed by atoms with E-state index in [1.54, 1.807) is 23.8 Å². The molecule has 21 heavy (non-hydrogen) atoms. The van der Waals surface area contributed by atoms with Gasteiger partial charge in [-0.2, -0.15) is 10.4 Å². The first kappa shape index (κ1) is 14.9. The van der Waals surface area contributed by atoms with Crippen molar-refractivity contribution in [3.8, 4) is 6.07 Å². The van der Waals surface area contributed by atoms with Gasteiger partial charge >= 0.3 is 5.97 Å². The lowest BCUT2D eigenvalue weighted by Gasteiger charge is -2.06. The van der Waals surface area contributed by atoms with Gasteiger partial charge in [0.15, 0.2) is 5.65 Å². The van der Waals surface area contributed by atoms with Crippen LogP contribution in [0.4, 0.5) is 0 Å². The van der Waals surface area contributed by atoms with Crippen LogP contribution in [0.15, 0.2) is 18.6 Å². The fourth-order valence-electron chi connectivity index (χ4n) is 1.84. The Morgan fingerprint density at radius 1 is 1.57 bits per heavy atom. The van der Waals surface area contributed by atoms with Crippen LogP contribution in [0.1, 0.15) is 29.8 Å². The van der Waals surface area contributed by atoms with E-state index in [9.17, 15) is 4.79 Å². The number of hydrogen-bond donors (Lipinski definition) is 1. The second-order valence-corrected chi connectivity index (χ2v) is 4.67. The maximum atomic E-state index is 11.7. The molecule has 0 amide bonds. The average molecular weight is 287 g/mol. The Kier molecular flexibility index (Phi) is 4.85. The van der Waals surface area contributed by atoms with Gasteiger partial charge in [-0.3, -0.25) is 0 Å². The van der Waals surface area contributed by atoms with Gasteiger partial charge in [-0.25, -0.2) is 14.3 Å². The average Bonchev–Trinajstić information content (AvgIpc) is 2.90. The van der Waals surface area contributed by atoms with Gasteiger partial charge in [0.05, 0.1) is 24.8 Å². The summed E-state index contributed by atoms with van der Waals surface area (Å²) in [5, 5.41) is 16.0. The number of carbonyl (C=O) groups excluding carboxylic acids is 1. The molecular weight excluding hydrogens is 270 g/mol. The van der Waals surface area contributed by atoms with Crippen LogP contribution in [0.2, 0.25) is 0 Å². The summed E-state index contributed by atoms with van der Waals surface area (Å²) >= 11 is 0. The van der Waals surface area contributed by atoms with Crippen LogP contribution in [0.3, 0.4) is 0 Å². The molecule has 7 heteroatoms. The van der Waals surface area contributed by atoms with Gasteiger partial charge < -0.3 is 10.1 Å². The van der Waals surface area contributed by atoms with Crippen molar-refractivity contribution in [3.63, 3.8) is 0 Å². The van der Waals surface area contributed by atoms with Crippen molar-refractivity contribution in [2.75, 3.05) is 13.2 Å². The second kappa shape index (κ2) is 6.81. The largest absolute Gasteiger partial charge is 0.462 e. The second-order valence-electron chi connectivity index (χ2n) is 4.67. The lowest BCUT2D eigenvalue weighted by molar-refractivity contribution is 0.0528. The minimum Gasteiger partial charge on any atom is -0.462 e. The molecule has 0 aliphatic rings. The smallest absolute Gasteiger partial charge is 0.343 e. The first-order valence-electron chi connectivity index (χ1n) is 6.75. The van der Waals surface area contributed by atoms with E-state index in [0.29, 0.717) is 30.9 Å². The molecule has 0 fully saturated rings. The Morgan fingerprint density at radius 2 is 2.38 bits per heavy atom. The molecule has 1 unspecified atom stereocenters. The SMILES string of the molecule is CCOC(=O)c1cnn2cc(CNCC(C)C#N)cnc12. The minimum absolute atomic E-state index is 0.0400. The number of rotatable bonds is 6. The highest BCUT2D eigenvalue weighted by Crippen LogP contribution is 2.10. The molecule has 1 atom stereocenters. The van der Waals surface area contributed by atoms with E-state index in [-0.39, 0.29) is 5.92 Å². The number of nitrogens with zero attached hydrogens (tertiary/aromatic N) is 4. The van der Waals surface area contributed by atoms with Gasteiger partial charge in [0.2, 0.25) is 0 Å². The predicted molar refractivity (Wildman–Crippen MR) is 75.4 cm³/mol. The zero-order chi connectivity index (χ0) is 15.2. The Morgan fingerprint density at radius 3 is 3.10 bits per heavy atom. The van der Waals surface area contributed by atoms with E-state index in [0.717, 1.165) is 5.56 Å². The lowest BCUT2D eigenvalue weighted by Crippen LogP contribution is -2.20. The summed E-state index contributed by atoms with van der Waals surface area (Å²) in [5.41, 5.74) is 1.75. The first-order chi connectivity index (χ1) is 10.2. The molecule has 0 aliphatic carbocycles. The quantitative estimate of drug-likeness (QED) is 0.801. The molecule has 0 spiro atoms. The summed E-state index contributed by atoms with van der Waals surface area (Å²) in [6.45, 7) is 5.12. The third-order valence-electron chi connectivity index (χ3n) is 2.91. The van der Waals surface area contributed by atoms with Crippen LogP contribution in [0.25, 0.3) is 5.65 Å². The zero-order valence-corrected chi connectivity index (χ0v) is 12.0. The molecule has 0 aliphatic heterocycles. The topological polar surface area (TPSA) is 92.3 Å². The Hall–Kier alpha value is -2.46. The van der Waals surface area contributed by atoms with Crippen molar-refractivity contribution in [3.05, 3.63) is 29.7 Å². The lowest BCUT2D eigenvalue weighted by atomic mass is 10.2. The van der Waals surface area contributed by atoms with Crippen LogP contribution in [-0.2, 0) is 11.3 Å². The van der Waals surface area contributed by atoms with Crippen molar-refractivity contribution in [1.29, 1.82) is 5.26 Å². The number of esters is 1. The molecule has 7 nitrogen and oxygen atoms in total.